The van der Waals surface area contributed by atoms with Crippen LogP contribution in [0, 0.1) is 34.2 Å². The van der Waals surface area contributed by atoms with Crippen molar-refractivity contribution < 1.29 is 14.1 Å². The number of anilines is 1. The second-order valence-corrected chi connectivity index (χ2v) is 5.00. The summed E-state index contributed by atoms with van der Waals surface area (Å²) in [7, 11) is 0. The first kappa shape index (κ1) is 13.5. The standard InChI is InChI=1S/C12H8BrFN2O3/c1-2-7-3-11(17)15(6-7)12-9(14)4-8(13)5-10(12)16(18)19/h1,4-5,7H,3,6H2. The largest absolute Gasteiger partial charge is 0.303 e. The number of hydrogen-bond donors (Lipinski definition) is 0. The molecular formula is C12H8BrFN2O3. The van der Waals surface area contributed by atoms with Gasteiger partial charge in [-0.15, -0.1) is 12.3 Å². The normalized spacial score (nSPS) is 18.5. The Labute approximate surface area is 116 Å². The van der Waals surface area contributed by atoms with E-state index < -0.39 is 22.3 Å². The van der Waals surface area contributed by atoms with Crippen molar-refractivity contribution in [1.29, 1.82) is 0 Å². The van der Waals surface area contributed by atoms with Gasteiger partial charge in [-0.05, 0) is 6.07 Å². The molecule has 1 atom stereocenters. The number of terminal acetylenes is 1. The Balaban J connectivity index is 2.54. The average molecular weight is 327 g/mol. The molecule has 0 aliphatic carbocycles. The summed E-state index contributed by atoms with van der Waals surface area (Å²) in [5.74, 6) is 0.821. The van der Waals surface area contributed by atoms with Gasteiger partial charge in [0.1, 0.15) is 0 Å². The van der Waals surface area contributed by atoms with Crippen LogP contribution in [-0.2, 0) is 4.79 Å². The Kier molecular flexibility index (Phi) is 3.53. The maximum absolute atomic E-state index is 13.9. The number of benzene rings is 1. The molecule has 0 N–H and O–H groups in total. The van der Waals surface area contributed by atoms with Crippen LogP contribution in [-0.4, -0.2) is 17.4 Å². The van der Waals surface area contributed by atoms with E-state index in [0.717, 1.165) is 17.0 Å². The lowest BCUT2D eigenvalue weighted by atomic mass is 10.1. The van der Waals surface area contributed by atoms with Crippen LogP contribution in [0.4, 0.5) is 15.8 Å². The van der Waals surface area contributed by atoms with Crippen molar-refractivity contribution >= 4 is 33.2 Å². The molecule has 1 aliphatic heterocycles. The van der Waals surface area contributed by atoms with Crippen molar-refractivity contribution in [2.75, 3.05) is 11.4 Å². The van der Waals surface area contributed by atoms with Crippen molar-refractivity contribution in [3.63, 3.8) is 0 Å². The molecule has 1 fully saturated rings. The van der Waals surface area contributed by atoms with Gasteiger partial charge in [-0.25, -0.2) is 4.39 Å². The molecule has 0 bridgehead atoms. The fourth-order valence-corrected chi connectivity index (χ4v) is 2.41. The van der Waals surface area contributed by atoms with Gasteiger partial charge in [0, 0.05) is 29.4 Å². The van der Waals surface area contributed by atoms with Gasteiger partial charge in [-0.3, -0.25) is 14.9 Å². The molecule has 1 saturated heterocycles. The van der Waals surface area contributed by atoms with E-state index in [1.54, 1.807) is 0 Å². The second kappa shape index (κ2) is 4.97. The van der Waals surface area contributed by atoms with Gasteiger partial charge in [0.2, 0.25) is 5.91 Å². The lowest BCUT2D eigenvalue weighted by Gasteiger charge is -2.16. The minimum atomic E-state index is -0.827. The zero-order valence-corrected chi connectivity index (χ0v) is 11.2. The summed E-state index contributed by atoms with van der Waals surface area (Å²) < 4.78 is 14.2. The van der Waals surface area contributed by atoms with Crippen molar-refractivity contribution in [3.8, 4) is 12.3 Å². The number of amides is 1. The summed E-state index contributed by atoms with van der Waals surface area (Å²) in [6.07, 6.45) is 5.30. The van der Waals surface area contributed by atoms with Crippen LogP contribution in [0.3, 0.4) is 0 Å². The van der Waals surface area contributed by atoms with E-state index in [4.69, 9.17) is 6.42 Å². The molecule has 7 heteroatoms. The van der Waals surface area contributed by atoms with E-state index in [2.05, 4.69) is 21.9 Å². The molecule has 0 saturated carbocycles. The van der Waals surface area contributed by atoms with Gasteiger partial charge < -0.3 is 4.90 Å². The lowest BCUT2D eigenvalue weighted by molar-refractivity contribution is -0.384. The zero-order valence-electron chi connectivity index (χ0n) is 9.60. The van der Waals surface area contributed by atoms with E-state index in [0.29, 0.717) is 0 Å². The Morgan fingerprint density at radius 3 is 2.79 bits per heavy atom. The third-order valence-corrected chi connectivity index (χ3v) is 3.29. The molecule has 0 radical (unpaired) electrons. The highest BCUT2D eigenvalue weighted by molar-refractivity contribution is 9.10. The number of hydrogen-bond acceptors (Lipinski definition) is 3. The molecule has 98 valence electrons. The summed E-state index contributed by atoms with van der Waals surface area (Å²) >= 11 is 2.98. The van der Waals surface area contributed by atoms with Crippen LogP contribution in [0.2, 0.25) is 0 Å². The Morgan fingerprint density at radius 2 is 2.26 bits per heavy atom. The third-order valence-electron chi connectivity index (χ3n) is 2.84. The van der Waals surface area contributed by atoms with E-state index in [1.165, 1.54) is 0 Å². The van der Waals surface area contributed by atoms with Crippen molar-refractivity contribution in [2.24, 2.45) is 5.92 Å². The van der Waals surface area contributed by atoms with Crippen LogP contribution in [0.15, 0.2) is 16.6 Å². The highest BCUT2D eigenvalue weighted by atomic mass is 79.9. The molecule has 2 rings (SSSR count). The molecule has 1 heterocycles. The minimum absolute atomic E-state index is 0.0726. The average Bonchev–Trinajstić information content (AvgIpc) is 2.69. The molecule has 19 heavy (non-hydrogen) atoms. The first-order chi connectivity index (χ1) is 8.93. The summed E-state index contributed by atoms with van der Waals surface area (Å²) in [5, 5.41) is 11.0. The first-order valence-corrected chi connectivity index (χ1v) is 6.13. The van der Waals surface area contributed by atoms with Gasteiger partial charge in [0.15, 0.2) is 11.5 Å². The summed E-state index contributed by atoms with van der Waals surface area (Å²) in [6, 6.07) is 2.24. The van der Waals surface area contributed by atoms with Crippen molar-refractivity contribution in [1.82, 2.24) is 0 Å². The molecule has 1 aliphatic rings. The van der Waals surface area contributed by atoms with E-state index in [9.17, 15) is 19.3 Å². The van der Waals surface area contributed by atoms with Crippen LogP contribution < -0.4 is 4.90 Å². The fraction of sp³-hybridized carbons (Fsp3) is 0.250. The topological polar surface area (TPSA) is 63.5 Å². The maximum Gasteiger partial charge on any atom is 0.297 e. The molecule has 5 nitrogen and oxygen atoms in total. The number of rotatable bonds is 2. The van der Waals surface area contributed by atoms with Crippen LogP contribution in [0.1, 0.15) is 6.42 Å². The fourth-order valence-electron chi connectivity index (χ4n) is 1.99. The molecule has 1 aromatic rings. The van der Waals surface area contributed by atoms with Gasteiger partial charge in [-0.2, -0.15) is 0 Å². The Morgan fingerprint density at radius 1 is 1.58 bits per heavy atom. The lowest BCUT2D eigenvalue weighted by Crippen LogP contribution is -2.26. The number of halogens is 2. The quantitative estimate of drug-likeness (QED) is 0.476. The summed E-state index contributed by atoms with van der Waals surface area (Å²) in [5.41, 5.74) is -0.783. The third kappa shape index (κ3) is 2.44. The van der Waals surface area contributed by atoms with Gasteiger partial charge in [0.25, 0.3) is 5.69 Å². The van der Waals surface area contributed by atoms with E-state index >= 15 is 0 Å². The molecule has 1 aromatic carbocycles. The number of carbonyl (C=O) groups is 1. The number of nitro benzene ring substituents is 1. The number of nitro groups is 1. The monoisotopic (exact) mass is 326 g/mol. The van der Waals surface area contributed by atoms with Crippen molar-refractivity contribution in [3.05, 3.63) is 32.5 Å². The molecule has 0 aromatic heterocycles. The maximum atomic E-state index is 13.9. The van der Waals surface area contributed by atoms with Crippen LogP contribution in [0.5, 0.6) is 0 Å². The van der Waals surface area contributed by atoms with Gasteiger partial charge in [0.05, 0.1) is 4.92 Å². The van der Waals surface area contributed by atoms with Crippen LogP contribution in [0.25, 0.3) is 0 Å². The van der Waals surface area contributed by atoms with E-state index in [1.807, 2.05) is 0 Å². The van der Waals surface area contributed by atoms with Gasteiger partial charge in [-0.1, -0.05) is 15.9 Å². The molecule has 1 amide bonds. The number of nitrogens with zero attached hydrogens (tertiary/aromatic N) is 2. The zero-order chi connectivity index (χ0) is 14.2. The van der Waals surface area contributed by atoms with E-state index in [-0.39, 0.29) is 29.0 Å². The summed E-state index contributed by atoms with van der Waals surface area (Å²) in [6.45, 7) is 0.0920. The first-order valence-electron chi connectivity index (χ1n) is 5.34. The van der Waals surface area contributed by atoms with Crippen LogP contribution >= 0.6 is 15.9 Å². The summed E-state index contributed by atoms with van der Waals surface area (Å²) in [4.78, 5) is 23.1. The Bertz CT molecular complexity index is 612. The molecule has 1 unspecified atom stereocenters. The minimum Gasteiger partial charge on any atom is -0.303 e. The highest BCUT2D eigenvalue weighted by Crippen LogP contribution is 2.37. The Hall–Kier alpha value is -1.94. The predicted octanol–water partition coefficient (Wildman–Crippen LogP) is 2.48. The second-order valence-electron chi connectivity index (χ2n) is 4.08. The predicted molar refractivity (Wildman–Crippen MR) is 70.0 cm³/mol. The van der Waals surface area contributed by atoms with Gasteiger partial charge >= 0.3 is 0 Å². The molecule has 0 spiro atoms. The van der Waals surface area contributed by atoms with Crippen molar-refractivity contribution in [2.45, 2.75) is 6.42 Å². The molecular weight excluding hydrogens is 319 g/mol. The number of carbonyl (C=O) groups excluding carboxylic acids is 1. The smallest absolute Gasteiger partial charge is 0.297 e. The SMILES string of the molecule is C#CC1CC(=O)N(c2c(F)cc(Br)cc2[N+](=O)[O-])C1. The highest BCUT2D eigenvalue weighted by Gasteiger charge is 2.35.